The summed E-state index contributed by atoms with van der Waals surface area (Å²) in [6.45, 7) is 2.78. The van der Waals surface area contributed by atoms with Gasteiger partial charge in [-0.1, -0.05) is 23.2 Å². The molecule has 2 aliphatic rings. The van der Waals surface area contributed by atoms with Crippen LogP contribution in [-0.2, 0) is 11.2 Å². The first-order valence-corrected chi connectivity index (χ1v) is 11.7. The molecule has 33 heavy (non-hydrogen) atoms. The van der Waals surface area contributed by atoms with Crippen LogP contribution in [0.15, 0.2) is 45.6 Å². The van der Waals surface area contributed by atoms with Crippen LogP contribution in [0.3, 0.4) is 0 Å². The number of nitrogens with one attached hydrogen (secondary N) is 1. The van der Waals surface area contributed by atoms with Crippen molar-refractivity contribution < 1.29 is 14.0 Å². The second-order valence-corrected chi connectivity index (χ2v) is 9.92. The molecular formula is C24H23Cl2N3O4. The van der Waals surface area contributed by atoms with Gasteiger partial charge in [0.25, 0.3) is 5.91 Å². The van der Waals surface area contributed by atoms with Gasteiger partial charge in [-0.3, -0.25) is 14.6 Å². The summed E-state index contributed by atoms with van der Waals surface area (Å²) in [6.07, 6.45) is 2.80. The zero-order chi connectivity index (χ0) is 23.2. The van der Waals surface area contributed by atoms with Crippen LogP contribution in [-0.4, -0.2) is 52.8 Å². The molecule has 9 heteroatoms. The van der Waals surface area contributed by atoms with Crippen LogP contribution < -0.4 is 5.76 Å². The van der Waals surface area contributed by atoms with Crippen molar-refractivity contribution in [2.24, 2.45) is 5.41 Å². The van der Waals surface area contributed by atoms with Crippen LogP contribution in [0.1, 0.15) is 35.2 Å². The highest BCUT2D eigenvalue weighted by molar-refractivity contribution is 6.34. The van der Waals surface area contributed by atoms with Crippen LogP contribution in [0.2, 0.25) is 10.0 Å². The fraction of sp³-hybridized carbons (Fsp3) is 0.375. The molecule has 2 aromatic carbocycles. The number of fused-ring (bicyclic) bond motifs is 1. The van der Waals surface area contributed by atoms with Crippen molar-refractivity contribution in [1.29, 1.82) is 0 Å². The van der Waals surface area contributed by atoms with E-state index in [1.807, 2.05) is 21.9 Å². The highest BCUT2D eigenvalue weighted by Crippen LogP contribution is 2.41. The molecule has 2 fully saturated rings. The van der Waals surface area contributed by atoms with Gasteiger partial charge in [-0.2, -0.15) is 0 Å². The Morgan fingerprint density at radius 1 is 1.00 bits per heavy atom. The number of piperidine rings is 1. The Hall–Kier alpha value is -2.77. The summed E-state index contributed by atoms with van der Waals surface area (Å²) in [5, 5.41) is 1.15. The minimum Gasteiger partial charge on any atom is -0.408 e. The smallest absolute Gasteiger partial charge is 0.408 e. The minimum atomic E-state index is -0.532. The molecule has 1 N–H and O–H groups in total. The van der Waals surface area contributed by atoms with Crippen molar-refractivity contribution in [3.63, 3.8) is 0 Å². The van der Waals surface area contributed by atoms with Gasteiger partial charge in [0.1, 0.15) is 0 Å². The highest BCUT2D eigenvalue weighted by atomic mass is 35.5. The quantitative estimate of drug-likeness (QED) is 0.599. The summed E-state index contributed by atoms with van der Waals surface area (Å²) in [6, 6.07) is 10.4. The minimum absolute atomic E-state index is 0.0648. The number of nitrogens with zero attached hydrogens (tertiary/aromatic N) is 2. The van der Waals surface area contributed by atoms with Gasteiger partial charge in [-0.05, 0) is 61.2 Å². The Morgan fingerprint density at radius 3 is 2.39 bits per heavy atom. The van der Waals surface area contributed by atoms with E-state index < -0.39 is 5.76 Å². The SMILES string of the molecule is O=C(CCc1cc(Cl)cc(Cl)c1)N1CCC2(CC1)CN(C(=O)c1ccc3[nH]c(=O)oc3c1)C2. The van der Waals surface area contributed by atoms with Crippen LogP contribution in [0, 0.1) is 5.41 Å². The van der Waals surface area contributed by atoms with Crippen molar-refractivity contribution in [3.8, 4) is 0 Å². The van der Waals surface area contributed by atoms with Gasteiger partial charge in [0.2, 0.25) is 5.91 Å². The number of benzene rings is 2. The molecule has 3 aromatic rings. The zero-order valence-corrected chi connectivity index (χ0v) is 19.4. The van der Waals surface area contributed by atoms with Gasteiger partial charge in [0, 0.05) is 53.6 Å². The maximum atomic E-state index is 12.9. The molecule has 0 aliphatic carbocycles. The third-order valence-corrected chi connectivity index (χ3v) is 7.17. The van der Waals surface area contributed by atoms with E-state index in [-0.39, 0.29) is 17.2 Å². The standard InChI is InChI=1S/C24H23Cl2N3O4/c25-17-9-15(10-18(26)12-17)1-4-21(30)28-7-5-24(6-8-28)13-29(14-24)22(31)16-2-3-19-20(11-16)33-23(32)27-19/h2-3,9-12H,1,4-8,13-14H2,(H,27,32). The first-order valence-electron chi connectivity index (χ1n) is 11.0. The van der Waals surface area contributed by atoms with Crippen molar-refractivity contribution in [2.45, 2.75) is 25.7 Å². The van der Waals surface area contributed by atoms with Gasteiger partial charge < -0.3 is 14.2 Å². The van der Waals surface area contributed by atoms with Gasteiger partial charge in [0.15, 0.2) is 5.58 Å². The molecule has 2 saturated heterocycles. The Balaban J connectivity index is 1.12. The highest BCUT2D eigenvalue weighted by Gasteiger charge is 2.47. The second-order valence-electron chi connectivity index (χ2n) is 9.05. The third-order valence-electron chi connectivity index (χ3n) is 6.73. The fourth-order valence-electron chi connectivity index (χ4n) is 4.88. The number of H-pyrrole nitrogens is 1. The number of amides is 2. The summed E-state index contributed by atoms with van der Waals surface area (Å²) < 4.78 is 5.06. The molecule has 3 heterocycles. The summed E-state index contributed by atoms with van der Waals surface area (Å²) in [5.41, 5.74) is 2.51. The maximum absolute atomic E-state index is 12.9. The Bertz CT molecular complexity index is 1260. The van der Waals surface area contributed by atoms with E-state index in [1.165, 1.54) is 0 Å². The lowest BCUT2D eigenvalue weighted by Gasteiger charge is -2.54. The lowest BCUT2D eigenvalue weighted by molar-refractivity contribution is -0.135. The summed E-state index contributed by atoms with van der Waals surface area (Å²) in [5.74, 6) is -0.463. The lowest BCUT2D eigenvalue weighted by Crippen LogP contribution is -2.62. The number of oxazole rings is 1. The molecule has 7 nitrogen and oxygen atoms in total. The monoisotopic (exact) mass is 487 g/mol. The molecule has 0 unspecified atom stereocenters. The summed E-state index contributed by atoms with van der Waals surface area (Å²) in [4.78, 5) is 43.2. The number of hydrogen-bond acceptors (Lipinski definition) is 4. The first kappa shape index (κ1) is 22.0. The number of aromatic amines is 1. The van der Waals surface area contributed by atoms with E-state index in [1.54, 1.807) is 24.3 Å². The molecule has 0 bridgehead atoms. The van der Waals surface area contributed by atoms with Crippen molar-refractivity contribution in [2.75, 3.05) is 26.2 Å². The Labute approximate surface area is 200 Å². The maximum Gasteiger partial charge on any atom is 0.417 e. The number of hydrogen-bond donors (Lipinski definition) is 1. The molecule has 0 radical (unpaired) electrons. The number of halogens is 2. The van der Waals surface area contributed by atoms with E-state index >= 15 is 0 Å². The normalized spacial score (nSPS) is 17.4. The molecule has 1 aromatic heterocycles. The summed E-state index contributed by atoms with van der Waals surface area (Å²) in [7, 11) is 0. The molecule has 0 atom stereocenters. The third kappa shape index (κ3) is 4.52. The molecule has 172 valence electrons. The zero-order valence-electron chi connectivity index (χ0n) is 17.9. The van der Waals surface area contributed by atoms with Crippen molar-refractivity contribution in [1.82, 2.24) is 14.8 Å². The lowest BCUT2D eigenvalue weighted by atomic mass is 9.71. The second kappa shape index (κ2) is 8.54. The fourth-order valence-corrected chi connectivity index (χ4v) is 5.45. The Kier molecular flexibility index (Phi) is 5.70. The molecule has 2 aliphatic heterocycles. The summed E-state index contributed by atoms with van der Waals surface area (Å²) >= 11 is 12.1. The number of carbonyl (C=O) groups excluding carboxylic acids is 2. The van der Waals surface area contributed by atoms with Crippen molar-refractivity contribution >= 4 is 46.1 Å². The number of carbonyl (C=O) groups is 2. The Morgan fingerprint density at radius 2 is 1.70 bits per heavy atom. The van der Waals surface area contributed by atoms with Gasteiger partial charge in [-0.15, -0.1) is 0 Å². The van der Waals surface area contributed by atoms with E-state index in [9.17, 15) is 14.4 Å². The largest absolute Gasteiger partial charge is 0.417 e. The number of likely N-dealkylation sites (tertiary alicyclic amines) is 2. The average molecular weight is 488 g/mol. The van der Waals surface area contributed by atoms with Crippen LogP contribution in [0.4, 0.5) is 0 Å². The topological polar surface area (TPSA) is 86.6 Å². The number of aryl methyl sites for hydroxylation is 1. The van der Waals surface area contributed by atoms with Crippen LogP contribution >= 0.6 is 23.2 Å². The molecule has 2 amide bonds. The van der Waals surface area contributed by atoms with Gasteiger partial charge in [0.05, 0.1) is 5.52 Å². The molecule has 0 saturated carbocycles. The van der Waals surface area contributed by atoms with Crippen molar-refractivity contribution in [3.05, 3.63) is 68.1 Å². The number of aromatic nitrogens is 1. The van der Waals surface area contributed by atoms with Crippen LogP contribution in [0.25, 0.3) is 11.1 Å². The van der Waals surface area contributed by atoms with E-state index in [4.69, 9.17) is 27.6 Å². The molecule has 1 spiro atoms. The van der Waals surface area contributed by atoms with Gasteiger partial charge in [-0.25, -0.2) is 4.79 Å². The number of rotatable bonds is 4. The molecular weight excluding hydrogens is 465 g/mol. The van der Waals surface area contributed by atoms with Gasteiger partial charge >= 0.3 is 5.76 Å². The van der Waals surface area contributed by atoms with E-state index in [2.05, 4.69) is 4.98 Å². The molecule has 5 rings (SSSR count). The first-order chi connectivity index (χ1) is 15.8. The predicted molar refractivity (Wildman–Crippen MR) is 126 cm³/mol. The van der Waals surface area contributed by atoms with Crippen LogP contribution in [0.5, 0.6) is 0 Å². The average Bonchev–Trinajstić information content (AvgIpc) is 3.14. The predicted octanol–water partition coefficient (Wildman–Crippen LogP) is 4.13. The van der Waals surface area contributed by atoms with E-state index in [0.29, 0.717) is 65.7 Å². The van der Waals surface area contributed by atoms with E-state index in [0.717, 1.165) is 18.4 Å².